The summed E-state index contributed by atoms with van der Waals surface area (Å²) in [5.41, 5.74) is -4.53. The predicted octanol–water partition coefficient (Wildman–Crippen LogP) is 2.87. The van der Waals surface area contributed by atoms with E-state index in [2.05, 4.69) is 9.97 Å². The van der Waals surface area contributed by atoms with Crippen LogP contribution in [0, 0.1) is 5.82 Å². The maximum Gasteiger partial charge on any atom is 0.431 e. The molecule has 0 radical (unpaired) electrons. The molecule has 0 fully saturated rings. The lowest BCUT2D eigenvalue weighted by molar-refractivity contribution is -0.145. The van der Waals surface area contributed by atoms with Gasteiger partial charge in [-0.25, -0.2) is 23.5 Å². The number of aromatic nitrogens is 4. The number of hydrogen-bond acceptors (Lipinski definition) is 8. The average molecular weight is 519 g/mol. The Morgan fingerprint density at radius 1 is 1.20 bits per heavy atom. The number of carbonyl (C=O) groups is 1. The third kappa shape index (κ3) is 5.59. The number of carbonyl (C=O) groups excluding carboxylic acids is 1. The molecule has 3 aromatic heterocycles. The first-order valence-electron chi connectivity index (χ1n) is 9.62. The molecule has 0 aliphatic heterocycles. The molecule has 0 aliphatic rings. The van der Waals surface area contributed by atoms with Gasteiger partial charge in [-0.3, -0.25) is 9.36 Å². The van der Waals surface area contributed by atoms with Crippen LogP contribution >= 0.6 is 11.6 Å². The lowest BCUT2D eigenvalue weighted by Gasteiger charge is -2.15. The summed E-state index contributed by atoms with van der Waals surface area (Å²) in [6, 6.07) is 3.53. The Morgan fingerprint density at radius 2 is 1.91 bits per heavy atom. The van der Waals surface area contributed by atoms with Crippen LogP contribution in [0.2, 0.25) is 5.02 Å². The molecule has 0 bridgehead atoms. The molecule has 35 heavy (non-hydrogen) atoms. The van der Waals surface area contributed by atoms with E-state index in [1.54, 1.807) is 6.92 Å². The van der Waals surface area contributed by atoms with Crippen LogP contribution in [-0.4, -0.2) is 38.3 Å². The Kier molecular flexibility index (Phi) is 7.43. The highest BCUT2D eigenvalue weighted by Crippen LogP contribution is 2.34. The zero-order valence-electron chi connectivity index (χ0n) is 17.9. The molecule has 186 valence electrons. The molecule has 0 amide bonds. The molecule has 0 atom stereocenters. The number of pyridine rings is 2. The van der Waals surface area contributed by atoms with Crippen molar-refractivity contribution in [1.29, 1.82) is 0 Å². The van der Waals surface area contributed by atoms with E-state index >= 15 is 0 Å². The summed E-state index contributed by atoms with van der Waals surface area (Å²) in [4.78, 5) is 44.0. The molecule has 0 spiro atoms. The van der Waals surface area contributed by atoms with Gasteiger partial charge in [0.1, 0.15) is 10.7 Å². The van der Waals surface area contributed by atoms with Crippen molar-refractivity contribution in [3.8, 4) is 23.3 Å². The molecule has 0 saturated heterocycles. The lowest BCUT2D eigenvalue weighted by atomic mass is 10.3. The van der Waals surface area contributed by atoms with E-state index in [0.717, 1.165) is 7.05 Å². The van der Waals surface area contributed by atoms with Crippen molar-refractivity contribution in [3.05, 3.63) is 67.8 Å². The van der Waals surface area contributed by atoms with Crippen LogP contribution in [0.15, 0.2) is 40.1 Å². The predicted molar refractivity (Wildman–Crippen MR) is 111 cm³/mol. The quantitative estimate of drug-likeness (QED) is 0.346. The molecule has 0 N–H and O–H groups in total. The number of halogens is 5. The number of esters is 1. The van der Waals surface area contributed by atoms with Crippen LogP contribution in [0.4, 0.5) is 17.6 Å². The van der Waals surface area contributed by atoms with Crippen molar-refractivity contribution in [2.24, 2.45) is 7.05 Å². The van der Waals surface area contributed by atoms with Crippen LogP contribution < -0.4 is 20.7 Å². The minimum absolute atomic E-state index is 0.0924. The van der Waals surface area contributed by atoms with Crippen molar-refractivity contribution in [1.82, 2.24) is 19.1 Å². The van der Waals surface area contributed by atoms with E-state index in [-0.39, 0.29) is 33.4 Å². The van der Waals surface area contributed by atoms with Gasteiger partial charge in [-0.1, -0.05) is 11.6 Å². The Bertz CT molecular complexity index is 1390. The van der Waals surface area contributed by atoms with Gasteiger partial charge in [0.2, 0.25) is 5.88 Å². The molecule has 0 unspecified atom stereocenters. The molecular formula is C20H15ClF4N4O6. The zero-order chi connectivity index (χ0) is 25.9. The second-order valence-electron chi connectivity index (χ2n) is 6.63. The summed E-state index contributed by atoms with van der Waals surface area (Å²) < 4.78 is 69.6. The summed E-state index contributed by atoms with van der Waals surface area (Å²) in [6.45, 7) is 1.20. The highest BCUT2D eigenvalue weighted by atomic mass is 35.5. The Hall–Kier alpha value is -3.94. The number of hydrogen-bond donors (Lipinski definition) is 0. The van der Waals surface area contributed by atoms with E-state index in [4.69, 9.17) is 25.8 Å². The van der Waals surface area contributed by atoms with Gasteiger partial charge in [0.25, 0.3) is 11.4 Å². The number of nitrogens with zero attached hydrogens (tertiary/aromatic N) is 4. The fraction of sp³-hybridized carbons (Fsp3) is 0.250. The molecule has 15 heteroatoms. The van der Waals surface area contributed by atoms with Crippen LogP contribution in [0.25, 0.3) is 5.82 Å². The largest absolute Gasteiger partial charge is 0.463 e. The van der Waals surface area contributed by atoms with Gasteiger partial charge < -0.3 is 14.2 Å². The maximum atomic E-state index is 14.6. The van der Waals surface area contributed by atoms with Gasteiger partial charge in [0, 0.05) is 25.4 Å². The van der Waals surface area contributed by atoms with Crippen molar-refractivity contribution in [3.63, 3.8) is 0 Å². The van der Waals surface area contributed by atoms with Crippen molar-refractivity contribution in [2.75, 3.05) is 13.2 Å². The highest BCUT2D eigenvalue weighted by Gasteiger charge is 2.35. The zero-order valence-corrected chi connectivity index (χ0v) is 18.7. The SMILES string of the molecule is CCOC(=O)COc1ncccc1Oc1nc(-n2c(=O)cc(C(F)(F)F)n(C)c2=O)c(F)cc1Cl. The fourth-order valence-corrected chi connectivity index (χ4v) is 2.93. The first kappa shape index (κ1) is 25.7. The lowest BCUT2D eigenvalue weighted by Crippen LogP contribution is -2.41. The normalized spacial score (nSPS) is 11.3. The second kappa shape index (κ2) is 10.1. The van der Waals surface area contributed by atoms with Crippen molar-refractivity contribution < 1.29 is 36.6 Å². The molecule has 0 aromatic carbocycles. The second-order valence-corrected chi connectivity index (χ2v) is 7.03. The Balaban J connectivity index is 2.05. The minimum atomic E-state index is -5.01. The van der Waals surface area contributed by atoms with Crippen molar-refractivity contribution in [2.45, 2.75) is 13.1 Å². The average Bonchev–Trinajstić information content (AvgIpc) is 2.78. The van der Waals surface area contributed by atoms with Gasteiger partial charge in [0.05, 0.1) is 6.61 Å². The van der Waals surface area contributed by atoms with E-state index in [9.17, 15) is 31.9 Å². The van der Waals surface area contributed by atoms with E-state index < -0.39 is 58.2 Å². The smallest absolute Gasteiger partial charge is 0.431 e. The van der Waals surface area contributed by atoms with E-state index in [1.165, 1.54) is 18.3 Å². The van der Waals surface area contributed by atoms with Gasteiger partial charge in [-0.15, -0.1) is 0 Å². The maximum absolute atomic E-state index is 14.6. The third-order valence-electron chi connectivity index (χ3n) is 4.28. The highest BCUT2D eigenvalue weighted by molar-refractivity contribution is 6.31. The van der Waals surface area contributed by atoms with Crippen LogP contribution in [-0.2, 0) is 22.8 Å². The monoisotopic (exact) mass is 518 g/mol. The molecular weight excluding hydrogens is 504 g/mol. The molecule has 10 nitrogen and oxygen atoms in total. The molecule has 3 aromatic rings. The molecule has 3 rings (SSSR count). The van der Waals surface area contributed by atoms with Crippen LogP contribution in [0.5, 0.6) is 17.5 Å². The summed E-state index contributed by atoms with van der Waals surface area (Å²) in [5, 5.41) is -0.414. The standard InChI is InChI=1S/C20H15ClF4N4O6/c1-3-33-15(31)9-34-18-12(5-4-6-26-18)35-17-10(21)7-11(22)16(27-17)29-14(30)8-13(20(23,24)25)28(2)19(29)32/h4-8H,3,9H2,1-2H3. The van der Waals surface area contributed by atoms with Crippen molar-refractivity contribution >= 4 is 17.6 Å². The summed E-state index contributed by atoms with van der Waals surface area (Å²) >= 11 is 5.97. The summed E-state index contributed by atoms with van der Waals surface area (Å²) in [5.74, 6) is -3.82. The fourth-order valence-electron chi connectivity index (χ4n) is 2.76. The number of rotatable bonds is 7. The van der Waals surface area contributed by atoms with Crippen LogP contribution in [0.1, 0.15) is 12.6 Å². The van der Waals surface area contributed by atoms with Gasteiger partial charge in [0.15, 0.2) is 24.0 Å². The molecule has 0 aliphatic carbocycles. The van der Waals surface area contributed by atoms with Gasteiger partial charge in [-0.2, -0.15) is 18.2 Å². The third-order valence-corrected chi connectivity index (χ3v) is 4.55. The number of ether oxygens (including phenoxy) is 3. The van der Waals surface area contributed by atoms with Gasteiger partial charge in [-0.05, 0) is 19.1 Å². The summed E-state index contributed by atoms with van der Waals surface area (Å²) in [7, 11) is 0.759. The van der Waals surface area contributed by atoms with E-state index in [0.29, 0.717) is 6.07 Å². The first-order chi connectivity index (χ1) is 16.4. The molecule has 0 saturated carbocycles. The van der Waals surface area contributed by atoms with Crippen LogP contribution in [0.3, 0.4) is 0 Å². The topological polar surface area (TPSA) is 115 Å². The Labute approximate surface area is 198 Å². The van der Waals surface area contributed by atoms with Gasteiger partial charge >= 0.3 is 17.8 Å². The number of alkyl halides is 3. The first-order valence-corrected chi connectivity index (χ1v) is 9.99. The molecule has 3 heterocycles. The summed E-state index contributed by atoms with van der Waals surface area (Å²) in [6.07, 6.45) is -3.70. The minimum Gasteiger partial charge on any atom is -0.463 e. The Morgan fingerprint density at radius 3 is 2.57 bits per heavy atom. The van der Waals surface area contributed by atoms with E-state index in [1.807, 2.05) is 0 Å².